The molecule has 1 aliphatic rings. The summed E-state index contributed by atoms with van der Waals surface area (Å²) >= 11 is 0. The highest BCUT2D eigenvalue weighted by molar-refractivity contribution is 5.68. The van der Waals surface area contributed by atoms with Crippen LogP contribution in [0, 0.1) is 0 Å². The Labute approximate surface area is 140 Å². The lowest BCUT2D eigenvalue weighted by Crippen LogP contribution is -2.49. The van der Waals surface area contributed by atoms with Crippen molar-refractivity contribution in [2.45, 2.75) is 40.2 Å². The molecule has 1 amide bonds. The van der Waals surface area contributed by atoms with Gasteiger partial charge in [-0.25, -0.2) is 9.79 Å². The fraction of sp³-hybridized carbons (Fsp3) is 0.647. The maximum Gasteiger partial charge on any atom is 0.410 e. The molecule has 0 bridgehead atoms. The van der Waals surface area contributed by atoms with Crippen LogP contribution in [0.15, 0.2) is 29.2 Å². The second-order valence-electron chi connectivity index (χ2n) is 5.79. The average molecular weight is 325 g/mol. The van der Waals surface area contributed by atoms with E-state index in [9.17, 15) is 4.79 Å². The van der Waals surface area contributed by atoms with Gasteiger partial charge in [-0.15, -0.1) is 0 Å². The van der Waals surface area contributed by atoms with Gasteiger partial charge in [0, 0.05) is 32.3 Å². The predicted octanol–water partition coefficient (Wildman–Crippen LogP) is 3.27. The minimum Gasteiger partial charge on any atom is -0.497 e. The first-order valence-electron chi connectivity index (χ1n) is 7.91. The van der Waals surface area contributed by atoms with Crippen LogP contribution < -0.4 is 0 Å². The quantitative estimate of drug-likeness (QED) is 0.452. The van der Waals surface area contributed by atoms with Gasteiger partial charge in [-0.2, -0.15) is 0 Å². The monoisotopic (exact) mass is 325 g/mol. The Morgan fingerprint density at radius 1 is 1.13 bits per heavy atom. The molecule has 1 aliphatic heterocycles. The molecule has 0 radical (unpaired) electrons. The van der Waals surface area contributed by atoms with Crippen LogP contribution in [0.1, 0.15) is 34.6 Å². The first kappa shape index (κ1) is 21.0. The van der Waals surface area contributed by atoms with E-state index < -0.39 is 5.60 Å². The van der Waals surface area contributed by atoms with E-state index in [-0.39, 0.29) is 6.09 Å². The van der Waals surface area contributed by atoms with E-state index in [1.807, 2.05) is 39.5 Å². The van der Waals surface area contributed by atoms with Crippen molar-refractivity contribution < 1.29 is 14.3 Å². The number of hydrogen-bond acceptors (Lipinski definition) is 5. The molecule has 0 atom stereocenters. The number of nitrogens with zero attached hydrogens (tertiary/aromatic N) is 3. The molecule has 23 heavy (non-hydrogen) atoms. The Morgan fingerprint density at radius 2 is 1.61 bits per heavy atom. The zero-order chi connectivity index (χ0) is 18.0. The third-order valence-corrected chi connectivity index (χ3v) is 2.97. The van der Waals surface area contributed by atoms with Crippen LogP contribution >= 0.6 is 0 Å². The smallest absolute Gasteiger partial charge is 0.410 e. The van der Waals surface area contributed by atoms with Gasteiger partial charge in [-0.1, -0.05) is 20.4 Å². The topological polar surface area (TPSA) is 54.4 Å². The summed E-state index contributed by atoms with van der Waals surface area (Å²) in [6.45, 7) is 19.4. The summed E-state index contributed by atoms with van der Waals surface area (Å²) in [6, 6.07) is 0. The molecule has 0 aliphatic carbocycles. The standard InChI is InChI=1S/C15H25N3O3.C2H6/c1-12(20-6)11-13(16-5)17-7-9-18(10-8-17)14(19)21-15(2,3)4;1-2/h11H,1,5,7-10H2,2-4,6H3;1-2H3/b13-11+;. The maximum absolute atomic E-state index is 12.0. The zero-order valence-corrected chi connectivity index (χ0v) is 15.4. The summed E-state index contributed by atoms with van der Waals surface area (Å²) in [5.41, 5.74) is -0.474. The predicted molar refractivity (Wildman–Crippen MR) is 94.5 cm³/mol. The Kier molecular flexibility index (Phi) is 9.07. The van der Waals surface area contributed by atoms with Crippen LogP contribution in [0.5, 0.6) is 0 Å². The summed E-state index contributed by atoms with van der Waals surface area (Å²) in [4.78, 5) is 19.7. The Hall–Kier alpha value is -1.98. The number of piperazine rings is 1. The molecule has 0 saturated carbocycles. The van der Waals surface area contributed by atoms with Crippen molar-refractivity contribution in [1.82, 2.24) is 9.80 Å². The van der Waals surface area contributed by atoms with Gasteiger partial charge in [-0.05, 0) is 27.5 Å². The first-order chi connectivity index (χ1) is 10.8. The molecule has 0 unspecified atom stereocenters. The van der Waals surface area contributed by atoms with E-state index in [0.29, 0.717) is 37.8 Å². The number of aliphatic imine (C=N–C) groups is 1. The van der Waals surface area contributed by atoms with Gasteiger partial charge in [0.2, 0.25) is 0 Å². The molecule has 0 N–H and O–H groups in total. The summed E-state index contributed by atoms with van der Waals surface area (Å²) < 4.78 is 10.4. The highest BCUT2D eigenvalue weighted by Gasteiger charge is 2.26. The lowest BCUT2D eigenvalue weighted by atomic mass is 10.2. The van der Waals surface area contributed by atoms with Crippen LogP contribution in [0.25, 0.3) is 0 Å². The number of hydrogen-bond donors (Lipinski definition) is 0. The third kappa shape index (κ3) is 7.72. The average Bonchev–Trinajstić information content (AvgIpc) is 2.52. The zero-order valence-electron chi connectivity index (χ0n) is 15.4. The lowest BCUT2D eigenvalue weighted by Gasteiger charge is -2.36. The van der Waals surface area contributed by atoms with Gasteiger partial charge >= 0.3 is 6.09 Å². The number of allylic oxidation sites excluding steroid dienone is 1. The number of carbonyl (C=O) groups is 1. The second kappa shape index (κ2) is 9.92. The van der Waals surface area contributed by atoms with Crippen molar-refractivity contribution in [3.05, 3.63) is 24.2 Å². The Balaban J connectivity index is 0.00000232. The van der Waals surface area contributed by atoms with Gasteiger partial charge in [-0.3, -0.25) is 0 Å². The first-order valence-corrected chi connectivity index (χ1v) is 7.91. The molecule has 0 spiro atoms. The molecule has 1 fully saturated rings. The van der Waals surface area contributed by atoms with E-state index in [4.69, 9.17) is 9.47 Å². The number of carbonyl (C=O) groups excluding carboxylic acids is 1. The normalized spacial score (nSPS) is 15.3. The molecule has 1 rings (SSSR count). The van der Waals surface area contributed by atoms with Crippen LogP contribution in [0.3, 0.4) is 0 Å². The Morgan fingerprint density at radius 3 is 2.00 bits per heavy atom. The SMILES string of the molecule is C=N/C(=C\C(=C)OC)N1CCN(C(=O)OC(C)(C)C)CC1.CC. The van der Waals surface area contributed by atoms with Crippen molar-refractivity contribution in [2.24, 2.45) is 4.99 Å². The molecule has 132 valence electrons. The van der Waals surface area contributed by atoms with Crippen molar-refractivity contribution in [3.63, 3.8) is 0 Å². The minimum absolute atomic E-state index is 0.277. The minimum atomic E-state index is -0.474. The highest BCUT2D eigenvalue weighted by atomic mass is 16.6. The molecular weight excluding hydrogens is 294 g/mol. The Bertz CT molecular complexity index is 431. The summed E-state index contributed by atoms with van der Waals surface area (Å²) in [6.07, 6.45) is 1.46. The number of amides is 1. The van der Waals surface area contributed by atoms with E-state index in [1.165, 1.54) is 0 Å². The molecule has 0 aromatic rings. The van der Waals surface area contributed by atoms with Gasteiger partial charge in [0.05, 0.1) is 7.11 Å². The van der Waals surface area contributed by atoms with Gasteiger partial charge < -0.3 is 19.3 Å². The summed E-state index contributed by atoms with van der Waals surface area (Å²) in [7, 11) is 1.56. The molecular formula is C17H31N3O3. The molecule has 0 aromatic carbocycles. The highest BCUT2D eigenvalue weighted by Crippen LogP contribution is 2.15. The van der Waals surface area contributed by atoms with Crippen molar-refractivity contribution in [2.75, 3.05) is 33.3 Å². The fourth-order valence-corrected chi connectivity index (χ4v) is 1.88. The van der Waals surface area contributed by atoms with Crippen molar-refractivity contribution in [1.29, 1.82) is 0 Å². The van der Waals surface area contributed by atoms with Gasteiger partial charge in [0.15, 0.2) is 0 Å². The molecule has 6 heteroatoms. The number of methoxy groups -OCH3 is 1. The van der Waals surface area contributed by atoms with Crippen molar-refractivity contribution in [3.8, 4) is 0 Å². The second-order valence-corrected chi connectivity index (χ2v) is 5.79. The molecule has 6 nitrogen and oxygen atoms in total. The number of ether oxygens (including phenoxy) is 2. The van der Waals surface area contributed by atoms with E-state index in [2.05, 4.69) is 18.3 Å². The van der Waals surface area contributed by atoms with Crippen LogP contribution in [-0.4, -0.2) is 61.5 Å². The molecule has 1 heterocycles. The van der Waals surface area contributed by atoms with Gasteiger partial charge in [0.25, 0.3) is 0 Å². The largest absolute Gasteiger partial charge is 0.497 e. The van der Waals surface area contributed by atoms with Crippen LogP contribution in [-0.2, 0) is 9.47 Å². The summed E-state index contributed by atoms with van der Waals surface area (Å²) in [5.74, 6) is 1.22. The molecule has 0 aromatic heterocycles. The van der Waals surface area contributed by atoms with Crippen LogP contribution in [0.2, 0.25) is 0 Å². The molecule has 1 saturated heterocycles. The van der Waals surface area contributed by atoms with E-state index in [1.54, 1.807) is 18.1 Å². The lowest BCUT2D eigenvalue weighted by molar-refractivity contribution is 0.0168. The maximum atomic E-state index is 12.0. The van der Waals surface area contributed by atoms with Crippen molar-refractivity contribution >= 4 is 12.8 Å². The number of rotatable bonds is 4. The van der Waals surface area contributed by atoms with Crippen LogP contribution in [0.4, 0.5) is 4.79 Å². The van der Waals surface area contributed by atoms with Gasteiger partial charge in [0.1, 0.15) is 17.2 Å². The fourth-order valence-electron chi connectivity index (χ4n) is 1.88. The van der Waals surface area contributed by atoms with E-state index in [0.717, 1.165) is 0 Å². The van der Waals surface area contributed by atoms with E-state index >= 15 is 0 Å². The summed E-state index contributed by atoms with van der Waals surface area (Å²) in [5, 5.41) is 0. The third-order valence-electron chi connectivity index (χ3n) is 2.97.